The Morgan fingerprint density at radius 3 is 2.78 bits per heavy atom. The molecule has 4 heteroatoms. The Labute approximate surface area is 111 Å². The molecule has 0 spiro atoms. The van der Waals surface area contributed by atoms with E-state index in [0.717, 1.165) is 26.2 Å². The summed E-state index contributed by atoms with van der Waals surface area (Å²) in [6, 6.07) is 0.648. The highest BCUT2D eigenvalue weighted by molar-refractivity contribution is 5.76. The molecule has 0 aliphatic carbocycles. The Morgan fingerprint density at radius 2 is 2.22 bits per heavy atom. The summed E-state index contributed by atoms with van der Waals surface area (Å²) in [7, 11) is 0. The summed E-state index contributed by atoms with van der Waals surface area (Å²) in [6.45, 7) is 10.5. The Kier molecular flexibility index (Phi) is 6.65. The minimum absolute atomic E-state index is 0.0392. The van der Waals surface area contributed by atoms with E-state index in [1.165, 1.54) is 19.3 Å². The molecular formula is C14H29N3O. The summed E-state index contributed by atoms with van der Waals surface area (Å²) in [6.07, 6.45) is 3.57. The van der Waals surface area contributed by atoms with Gasteiger partial charge in [0, 0.05) is 25.0 Å². The molecule has 1 fully saturated rings. The van der Waals surface area contributed by atoms with Gasteiger partial charge in [-0.15, -0.1) is 0 Å². The van der Waals surface area contributed by atoms with E-state index in [1.807, 2.05) is 6.92 Å². The number of carbonyl (C=O) groups is 1. The third kappa shape index (κ3) is 4.58. The molecule has 1 heterocycles. The zero-order valence-corrected chi connectivity index (χ0v) is 12.1. The van der Waals surface area contributed by atoms with Gasteiger partial charge in [-0.05, 0) is 31.8 Å². The average Bonchev–Trinajstić information content (AvgIpc) is 2.36. The molecule has 4 nitrogen and oxygen atoms in total. The van der Waals surface area contributed by atoms with Crippen molar-refractivity contribution >= 4 is 5.91 Å². The molecular weight excluding hydrogens is 226 g/mol. The van der Waals surface area contributed by atoms with Gasteiger partial charge in [-0.3, -0.25) is 4.79 Å². The number of nitrogens with one attached hydrogen (secondary N) is 1. The molecule has 0 aromatic heterocycles. The molecule has 1 saturated heterocycles. The van der Waals surface area contributed by atoms with Gasteiger partial charge >= 0.3 is 0 Å². The molecule has 0 bridgehead atoms. The third-order valence-electron chi connectivity index (χ3n) is 4.02. The molecule has 1 rings (SSSR count). The number of rotatable bonds is 7. The summed E-state index contributed by atoms with van der Waals surface area (Å²) in [5.74, 6) is 0.474. The van der Waals surface area contributed by atoms with Crippen LogP contribution in [0.25, 0.3) is 0 Å². The Balaban J connectivity index is 2.42. The lowest BCUT2D eigenvalue weighted by atomic mass is 9.89. The maximum absolute atomic E-state index is 11.1. The highest BCUT2D eigenvalue weighted by atomic mass is 16.1. The standard InChI is InChI=1S/C14H29N3O/c1-4-7-16-13-6-8-17(10-12(13)5-2)9-11(3)14(15)18/h11-13,16H,4-10H2,1-3H3,(H2,15,18). The van der Waals surface area contributed by atoms with Crippen LogP contribution >= 0.6 is 0 Å². The number of primary amides is 1. The Bertz CT molecular complexity index is 257. The van der Waals surface area contributed by atoms with Crippen LogP contribution < -0.4 is 11.1 Å². The lowest BCUT2D eigenvalue weighted by Crippen LogP contribution is -2.50. The lowest BCUT2D eigenvalue weighted by Gasteiger charge is -2.39. The molecule has 0 aromatic rings. The predicted octanol–water partition coefficient (Wildman–Crippen LogP) is 1.21. The minimum Gasteiger partial charge on any atom is -0.369 e. The van der Waals surface area contributed by atoms with Crippen molar-refractivity contribution in [2.45, 2.75) is 46.1 Å². The molecule has 106 valence electrons. The molecule has 0 saturated carbocycles. The van der Waals surface area contributed by atoms with Gasteiger partial charge in [0.05, 0.1) is 0 Å². The van der Waals surface area contributed by atoms with Crippen LogP contribution in [0.1, 0.15) is 40.0 Å². The number of carbonyl (C=O) groups excluding carboxylic acids is 1. The third-order valence-corrected chi connectivity index (χ3v) is 4.02. The van der Waals surface area contributed by atoms with E-state index in [1.54, 1.807) is 0 Å². The first-order chi connectivity index (χ1) is 8.58. The molecule has 1 amide bonds. The molecule has 3 unspecified atom stereocenters. The smallest absolute Gasteiger partial charge is 0.221 e. The number of piperidine rings is 1. The van der Waals surface area contributed by atoms with Crippen LogP contribution in [0.5, 0.6) is 0 Å². The largest absolute Gasteiger partial charge is 0.369 e. The summed E-state index contributed by atoms with van der Waals surface area (Å²) in [4.78, 5) is 13.5. The SMILES string of the molecule is CCCNC1CCN(CC(C)C(N)=O)CC1CC. The highest BCUT2D eigenvalue weighted by Gasteiger charge is 2.28. The normalized spacial score (nSPS) is 27.1. The molecule has 3 atom stereocenters. The van der Waals surface area contributed by atoms with Crippen molar-refractivity contribution in [3.63, 3.8) is 0 Å². The van der Waals surface area contributed by atoms with E-state index in [2.05, 4.69) is 24.1 Å². The fourth-order valence-electron chi connectivity index (χ4n) is 2.76. The topological polar surface area (TPSA) is 58.4 Å². The van der Waals surface area contributed by atoms with Crippen LogP contribution in [0.15, 0.2) is 0 Å². The van der Waals surface area contributed by atoms with Crippen LogP contribution in [0.3, 0.4) is 0 Å². The molecule has 1 aliphatic rings. The summed E-state index contributed by atoms with van der Waals surface area (Å²) < 4.78 is 0. The maximum Gasteiger partial charge on any atom is 0.221 e. The van der Waals surface area contributed by atoms with Crippen molar-refractivity contribution in [3.8, 4) is 0 Å². The quantitative estimate of drug-likeness (QED) is 0.719. The summed E-state index contributed by atoms with van der Waals surface area (Å²) in [5, 5.41) is 3.65. The van der Waals surface area contributed by atoms with E-state index < -0.39 is 0 Å². The van der Waals surface area contributed by atoms with Gasteiger partial charge < -0.3 is 16.0 Å². The molecule has 1 aliphatic heterocycles. The second-order valence-electron chi connectivity index (χ2n) is 5.58. The first kappa shape index (κ1) is 15.4. The number of hydrogen-bond acceptors (Lipinski definition) is 3. The van der Waals surface area contributed by atoms with Crippen LogP contribution in [0, 0.1) is 11.8 Å². The van der Waals surface area contributed by atoms with E-state index in [0.29, 0.717) is 12.0 Å². The van der Waals surface area contributed by atoms with Crippen molar-refractivity contribution in [2.24, 2.45) is 17.6 Å². The molecule has 0 aromatic carbocycles. The zero-order chi connectivity index (χ0) is 13.5. The summed E-state index contributed by atoms with van der Waals surface area (Å²) in [5.41, 5.74) is 5.34. The van der Waals surface area contributed by atoms with Crippen molar-refractivity contribution in [1.29, 1.82) is 0 Å². The van der Waals surface area contributed by atoms with Gasteiger partial charge in [0.25, 0.3) is 0 Å². The Morgan fingerprint density at radius 1 is 1.50 bits per heavy atom. The molecule has 18 heavy (non-hydrogen) atoms. The summed E-state index contributed by atoms with van der Waals surface area (Å²) >= 11 is 0. The maximum atomic E-state index is 11.1. The van der Waals surface area contributed by atoms with E-state index >= 15 is 0 Å². The van der Waals surface area contributed by atoms with Gasteiger partial charge in [0.1, 0.15) is 0 Å². The highest BCUT2D eigenvalue weighted by Crippen LogP contribution is 2.21. The van der Waals surface area contributed by atoms with E-state index in [4.69, 9.17) is 5.73 Å². The number of hydrogen-bond donors (Lipinski definition) is 2. The first-order valence-corrected chi connectivity index (χ1v) is 7.33. The van der Waals surface area contributed by atoms with Crippen LogP contribution in [0.2, 0.25) is 0 Å². The first-order valence-electron chi connectivity index (χ1n) is 7.33. The van der Waals surface area contributed by atoms with Crippen molar-refractivity contribution in [2.75, 3.05) is 26.2 Å². The van der Waals surface area contributed by atoms with Crippen molar-refractivity contribution < 1.29 is 4.79 Å². The predicted molar refractivity (Wildman–Crippen MR) is 75.3 cm³/mol. The zero-order valence-electron chi connectivity index (χ0n) is 12.1. The van der Waals surface area contributed by atoms with Gasteiger partial charge in [0.2, 0.25) is 5.91 Å². The van der Waals surface area contributed by atoms with Crippen LogP contribution in [-0.2, 0) is 4.79 Å². The fourth-order valence-corrected chi connectivity index (χ4v) is 2.76. The number of nitrogens with two attached hydrogens (primary N) is 1. The number of amides is 1. The van der Waals surface area contributed by atoms with Crippen molar-refractivity contribution in [1.82, 2.24) is 10.2 Å². The Hall–Kier alpha value is -0.610. The number of likely N-dealkylation sites (tertiary alicyclic amines) is 1. The van der Waals surface area contributed by atoms with Crippen LogP contribution in [0.4, 0.5) is 0 Å². The van der Waals surface area contributed by atoms with Gasteiger partial charge in [-0.1, -0.05) is 27.2 Å². The van der Waals surface area contributed by atoms with Crippen LogP contribution in [-0.4, -0.2) is 43.0 Å². The fraction of sp³-hybridized carbons (Fsp3) is 0.929. The average molecular weight is 255 g/mol. The minimum atomic E-state index is -0.186. The number of nitrogens with zero attached hydrogens (tertiary/aromatic N) is 1. The monoisotopic (exact) mass is 255 g/mol. The second-order valence-corrected chi connectivity index (χ2v) is 5.58. The second kappa shape index (κ2) is 7.74. The molecule has 3 N–H and O–H groups in total. The molecule has 0 radical (unpaired) electrons. The lowest BCUT2D eigenvalue weighted by molar-refractivity contribution is -0.122. The van der Waals surface area contributed by atoms with Gasteiger partial charge in [-0.25, -0.2) is 0 Å². The van der Waals surface area contributed by atoms with Gasteiger partial charge in [0.15, 0.2) is 0 Å². The van der Waals surface area contributed by atoms with E-state index in [-0.39, 0.29) is 11.8 Å². The van der Waals surface area contributed by atoms with E-state index in [9.17, 15) is 4.79 Å². The van der Waals surface area contributed by atoms with Gasteiger partial charge in [-0.2, -0.15) is 0 Å². The van der Waals surface area contributed by atoms with Crippen molar-refractivity contribution in [3.05, 3.63) is 0 Å².